The highest BCUT2D eigenvalue weighted by molar-refractivity contribution is 5.76. The monoisotopic (exact) mass is 638 g/mol. The van der Waals surface area contributed by atoms with Crippen molar-refractivity contribution in [2.45, 2.75) is 97.6 Å². The normalized spacial score (nSPS) is 17.6. The SMILES string of the molecule is CC(OC(=O)N[C@H]1CCN([C@@H](Cc2ncn3c2CCc2ccccc2-3)C(=O)OCc2oc(=O)oc2C(C)(C)C)C1)OC(=O)C(C)C. The van der Waals surface area contributed by atoms with E-state index in [1.54, 1.807) is 20.2 Å². The van der Waals surface area contributed by atoms with Crippen LogP contribution >= 0.6 is 0 Å². The van der Waals surface area contributed by atoms with Gasteiger partial charge in [-0.05, 0) is 30.9 Å². The number of carbonyl (C=O) groups excluding carboxylic acids is 3. The lowest BCUT2D eigenvalue weighted by atomic mass is 9.92. The van der Waals surface area contributed by atoms with Crippen LogP contribution in [0.5, 0.6) is 0 Å². The van der Waals surface area contributed by atoms with E-state index in [4.69, 9.17) is 28.0 Å². The second-order valence-corrected chi connectivity index (χ2v) is 13.1. The zero-order valence-electron chi connectivity index (χ0n) is 27.2. The average Bonchev–Trinajstić information content (AvgIpc) is 3.72. The maximum Gasteiger partial charge on any atom is 0.519 e. The number of amides is 1. The molecule has 0 saturated carbocycles. The first-order chi connectivity index (χ1) is 21.8. The van der Waals surface area contributed by atoms with E-state index >= 15 is 0 Å². The van der Waals surface area contributed by atoms with Gasteiger partial charge in [-0.25, -0.2) is 14.6 Å². The summed E-state index contributed by atoms with van der Waals surface area (Å²) >= 11 is 0. The van der Waals surface area contributed by atoms with Crippen LogP contribution in [0.2, 0.25) is 0 Å². The van der Waals surface area contributed by atoms with Crippen LogP contribution in [-0.4, -0.2) is 63.9 Å². The topological polar surface area (TPSA) is 155 Å². The van der Waals surface area contributed by atoms with Crippen LogP contribution in [0.1, 0.15) is 76.4 Å². The van der Waals surface area contributed by atoms with Crippen LogP contribution in [-0.2, 0) is 55.1 Å². The Labute approximate surface area is 267 Å². The summed E-state index contributed by atoms with van der Waals surface area (Å²) in [5.74, 6) is -1.71. The van der Waals surface area contributed by atoms with Crippen LogP contribution in [0, 0.1) is 5.92 Å². The van der Waals surface area contributed by atoms with Crippen molar-refractivity contribution in [1.82, 2.24) is 19.8 Å². The van der Waals surface area contributed by atoms with Crippen LogP contribution in [0.15, 0.2) is 44.2 Å². The maximum absolute atomic E-state index is 13.8. The van der Waals surface area contributed by atoms with E-state index in [-0.39, 0.29) is 30.7 Å². The van der Waals surface area contributed by atoms with E-state index in [9.17, 15) is 19.2 Å². The Morgan fingerprint density at radius 1 is 1.07 bits per heavy atom. The summed E-state index contributed by atoms with van der Waals surface area (Å²) in [4.78, 5) is 56.8. The summed E-state index contributed by atoms with van der Waals surface area (Å²) in [6, 6.07) is 7.12. The molecule has 46 heavy (non-hydrogen) atoms. The molecule has 2 aromatic heterocycles. The Morgan fingerprint density at radius 2 is 1.83 bits per heavy atom. The number of aromatic nitrogens is 2. The predicted molar refractivity (Wildman–Crippen MR) is 164 cm³/mol. The fourth-order valence-corrected chi connectivity index (χ4v) is 5.88. The van der Waals surface area contributed by atoms with Gasteiger partial charge >= 0.3 is 23.9 Å². The zero-order valence-corrected chi connectivity index (χ0v) is 27.2. The number of carbonyl (C=O) groups is 3. The van der Waals surface area contributed by atoms with Gasteiger partial charge in [-0.2, -0.15) is 0 Å². The number of rotatable bonds is 10. The molecule has 4 heterocycles. The molecular weight excluding hydrogens is 596 g/mol. The minimum absolute atomic E-state index is 0.163. The summed E-state index contributed by atoms with van der Waals surface area (Å²) in [7, 11) is 0. The largest absolute Gasteiger partial charge is 0.519 e. The molecule has 2 aliphatic rings. The van der Waals surface area contributed by atoms with Gasteiger partial charge in [-0.15, -0.1) is 0 Å². The molecule has 248 valence electrons. The number of alkyl carbamates (subject to hydrolysis) is 1. The summed E-state index contributed by atoms with van der Waals surface area (Å²) in [6.07, 6.45) is 2.50. The highest BCUT2D eigenvalue weighted by Gasteiger charge is 2.37. The third kappa shape index (κ3) is 7.52. The Balaban J connectivity index is 1.31. The predicted octanol–water partition coefficient (Wildman–Crippen LogP) is 3.81. The number of fused-ring (bicyclic) bond motifs is 3. The molecule has 0 aliphatic carbocycles. The van der Waals surface area contributed by atoms with Gasteiger partial charge in [0.25, 0.3) is 0 Å². The molecule has 0 radical (unpaired) electrons. The molecule has 1 N–H and O–H groups in total. The fourth-order valence-electron chi connectivity index (χ4n) is 5.88. The lowest BCUT2D eigenvalue weighted by Gasteiger charge is -2.27. The Kier molecular flexibility index (Phi) is 9.71. The van der Waals surface area contributed by atoms with Crippen molar-refractivity contribution in [3.05, 3.63) is 69.7 Å². The van der Waals surface area contributed by atoms with Crippen LogP contribution in [0.3, 0.4) is 0 Å². The van der Waals surface area contributed by atoms with E-state index in [2.05, 4.69) is 22.0 Å². The van der Waals surface area contributed by atoms with Gasteiger partial charge in [0.05, 0.1) is 17.9 Å². The lowest BCUT2D eigenvalue weighted by molar-refractivity contribution is -0.168. The molecule has 2 aliphatic heterocycles. The van der Waals surface area contributed by atoms with Crippen LogP contribution in [0.4, 0.5) is 4.79 Å². The standard InChI is InChI=1S/C33H42N4O9/c1-19(2)29(38)43-20(3)44-31(40)35-22-13-14-36(16-22)26(30(39)42-17-27-28(33(4,5)6)46-32(41)45-27)15-23-25-12-11-21-9-7-8-10-24(21)37(25)18-34-23/h7-10,18-20,22,26H,11-17H2,1-6H3,(H,35,40)/t20?,22-,26-/m0/s1. The molecule has 1 unspecified atom stereocenters. The van der Waals surface area contributed by atoms with Crippen LogP contribution < -0.4 is 11.1 Å². The Bertz CT molecular complexity index is 1630. The number of hydrogen-bond donors (Lipinski definition) is 1. The molecule has 13 heteroatoms. The molecule has 13 nitrogen and oxygen atoms in total. The van der Waals surface area contributed by atoms with Crippen molar-refractivity contribution in [1.29, 1.82) is 0 Å². The molecular formula is C33H42N4O9. The van der Waals surface area contributed by atoms with Crippen molar-refractivity contribution in [3.63, 3.8) is 0 Å². The molecule has 0 bridgehead atoms. The minimum atomic E-state index is -1.05. The zero-order chi connectivity index (χ0) is 33.2. The van der Waals surface area contributed by atoms with Crippen LogP contribution in [0.25, 0.3) is 5.69 Å². The number of esters is 2. The number of para-hydroxylation sites is 1. The van der Waals surface area contributed by atoms with Gasteiger partial charge in [-0.1, -0.05) is 52.8 Å². The first-order valence-electron chi connectivity index (χ1n) is 15.6. The summed E-state index contributed by atoms with van der Waals surface area (Å²) in [5, 5.41) is 2.81. The molecule has 3 atom stereocenters. The number of nitrogens with one attached hydrogen (secondary N) is 1. The van der Waals surface area contributed by atoms with E-state index in [1.807, 2.05) is 37.8 Å². The van der Waals surface area contributed by atoms with Crippen molar-refractivity contribution in [2.75, 3.05) is 13.1 Å². The van der Waals surface area contributed by atoms with Gasteiger partial charge in [-0.3, -0.25) is 14.5 Å². The molecule has 1 amide bonds. The second kappa shape index (κ2) is 13.5. The quantitative estimate of drug-likeness (QED) is 0.255. The number of benzene rings is 1. The molecule has 1 fully saturated rings. The van der Waals surface area contributed by atoms with E-state index < -0.39 is 41.6 Å². The number of hydrogen-bond acceptors (Lipinski definition) is 11. The summed E-state index contributed by atoms with van der Waals surface area (Å²) in [6.45, 7) is 11.0. The van der Waals surface area contributed by atoms with E-state index in [0.29, 0.717) is 25.3 Å². The summed E-state index contributed by atoms with van der Waals surface area (Å²) in [5.41, 5.74) is 3.60. The number of likely N-dealkylation sites (tertiary alicyclic amines) is 1. The molecule has 0 spiro atoms. The fraction of sp³-hybridized carbons (Fsp3) is 0.545. The highest BCUT2D eigenvalue weighted by atomic mass is 16.7. The van der Waals surface area contributed by atoms with Gasteiger partial charge in [0.1, 0.15) is 6.04 Å². The lowest BCUT2D eigenvalue weighted by Crippen LogP contribution is -2.45. The first-order valence-corrected chi connectivity index (χ1v) is 15.6. The molecule has 5 rings (SSSR count). The third-order valence-electron chi connectivity index (χ3n) is 8.17. The Morgan fingerprint density at radius 3 is 2.57 bits per heavy atom. The molecule has 1 saturated heterocycles. The Hall–Kier alpha value is -4.39. The van der Waals surface area contributed by atoms with Gasteiger partial charge in [0, 0.05) is 49.3 Å². The van der Waals surface area contributed by atoms with Gasteiger partial charge < -0.3 is 32.9 Å². The third-order valence-corrected chi connectivity index (χ3v) is 8.17. The number of imidazole rings is 1. The second-order valence-electron chi connectivity index (χ2n) is 13.1. The first kappa shape index (κ1) is 33.0. The van der Waals surface area contributed by atoms with E-state index in [0.717, 1.165) is 29.9 Å². The van der Waals surface area contributed by atoms with E-state index in [1.165, 1.54) is 12.5 Å². The van der Waals surface area contributed by atoms with Crippen molar-refractivity contribution >= 4 is 18.0 Å². The molecule has 3 aromatic rings. The minimum Gasteiger partial charge on any atom is -0.456 e. The average molecular weight is 639 g/mol. The van der Waals surface area contributed by atoms with Crippen molar-refractivity contribution in [2.24, 2.45) is 5.92 Å². The number of ether oxygens (including phenoxy) is 3. The van der Waals surface area contributed by atoms with Crippen molar-refractivity contribution in [3.8, 4) is 5.69 Å². The highest BCUT2D eigenvalue weighted by Crippen LogP contribution is 2.29. The molecule has 1 aromatic carbocycles. The smallest absolute Gasteiger partial charge is 0.456 e. The maximum atomic E-state index is 13.8. The number of aryl methyl sites for hydroxylation is 1. The van der Waals surface area contributed by atoms with Gasteiger partial charge in [0.2, 0.25) is 6.29 Å². The van der Waals surface area contributed by atoms with Gasteiger partial charge in [0.15, 0.2) is 18.1 Å². The van der Waals surface area contributed by atoms with Crippen molar-refractivity contribution < 1.29 is 37.4 Å². The number of nitrogens with zero attached hydrogens (tertiary/aromatic N) is 3. The summed E-state index contributed by atoms with van der Waals surface area (Å²) < 4.78 is 28.6.